The number of carbonyl (C=O) groups is 1. The molecule has 0 bridgehead atoms. The summed E-state index contributed by atoms with van der Waals surface area (Å²) < 4.78 is 0. The number of likely N-dealkylation sites (N-methyl/N-ethyl adjacent to an activating group) is 1. The summed E-state index contributed by atoms with van der Waals surface area (Å²) in [4.78, 5) is 15.0. The molecule has 3 rings (SSSR count). The Morgan fingerprint density at radius 3 is 2.57 bits per heavy atom. The van der Waals surface area contributed by atoms with Crippen LogP contribution in [0.3, 0.4) is 0 Å². The number of nitrogens with zero attached hydrogens (tertiary/aromatic N) is 1. The minimum absolute atomic E-state index is 0.0581. The first-order chi connectivity index (χ1) is 9.78. The van der Waals surface area contributed by atoms with Crippen LogP contribution in [0.1, 0.15) is 27.7 Å². The summed E-state index contributed by atoms with van der Waals surface area (Å²) in [5.41, 5.74) is 5.37. The van der Waals surface area contributed by atoms with E-state index in [0.717, 1.165) is 5.57 Å². The highest BCUT2D eigenvalue weighted by atomic mass is 16.1. The predicted octanol–water partition coefficient (Wildman–Crippen LogP) is 3.53. The monoisotopic (exact) mass is 283 g/mol. The van der Waals surface area contributed by atoms with Gasteiger partial charge in [0.15, 0.2) is 5.78 Å². The van der Waals surface area contributed by atoms with Crippen molar-refractivity contribution in [2.75, 3.05) is 14.1 Å². The van der Waals surface area contributed by atoms with Crippen LogP contribution in [0, 0.1) is 17.3 Å². The van der Waals surface area contributed by atoms with E-state index in [-0.39, 0.29) is 11.5 Å². The number of ketones is 1. The molecule has 112 valence electrons. The van der Waals surface area contributed by atoms with Crippen molar-refractivity contribution in [3.63, 3.8) is 0 Å². The molecule has 0 aliphatic heterocycles. The van der Waals surface area contributed by atoms with E-state index in [4.69, 9.17) is 0 Å². The van der Waals surface area contributed by atoms with Gasteiger partial charge < -0.3 is 0 Å². The zero-order valence-electron chi connectivity index (χ0n) is 13.9. The average molecular weight is 283 g/mol. The number of hydrogen-bond acceptors (Lipinski definition) is 2. The van der Waals surface area contributed by atoms with Crippen LogP contribution in [0.2, 0.25) is 0 Å². The lowest BCUT2D eigenvalue weighted by Gasteiger charge is -2.28. The third-order valence-electron chi connectivity index (χ3n) is 5.56. The van der Waals surface area contributed by atoms with Crippen LogP contribution < -0.4 is 0 Å². The van der Waals surface area contributed by atoms with Crippen LogP contribution in [0.25, 0.3) is 0 Å². The maximum atomic E-state index is 13.0. The highest BCUT2D eigenvalue weighted by Gasteiger charge is 2.60. The summed E-state index contributed by atoms with van der Waals surface area (Å²) in [5.74, 6) is 0.929. The third-order valence-corrected chi connectivity index (χ3v) is 5.56. The first kappa shape index (κ1) is 14.5. The Morgan fingerprint density at radius 1 is 1.29 bits per heavy atom. The molecule has 2 nitrogen and oxygen atoms in total. The van der Waals surface area contributed by atoms with Crippen LogP contribution in [-0.4, -0.2) is 30.8 Å². The van der Waals surface area contributed by atoms with E-state index in [1.807, 2.05) is 25.9 Å². The summed E-state index contributed by atoms with van der Waals surface area (Å²) in [6, 6.07) is -0.0581. The lowest BCUT2D eigenvalue weighted by Crippen LogP contribution is -2.35. The highest BCUT2D eigenvalue weighted by Crippen LogP contribution is 2.67. The Bertz CT molecular complexity index is 628. The molecule has 0 aromatic heterocycles. The smallest absolute Gasteiger partial charge is 0.176 e. The Kier molecular flexibility index (Phi) is 3.14. The summed E-state index contributed by atoms with van der Waals surface area (Å²) in [6.45, 7) is 8.70. The number of fused-ring (bicyclic) bond motifs is 2. The van der Waals surface area contributed by atoms with E-state index in [1.54, 1.807) is 0 Å². The number of rotatable bonds is 3. The molecule has 0 aromatic rings. The van der Waals surface area contributed by atoms with Gasteiger partial charge in [-0.3, -0.25) is 9.69 Å². The minimum atomic E-state index is -0.0581. The lowest BCUT2D eigenvalue weighted by atomic mass is 9.78. The van der Waals surface area contributed by atoms with Crippen molar-refractivity contribution < 1.29 is 4.79 Å². The molecular weight excluding hydrogens is 258 g/mol. The molecule has 0 spiro atoms. The van der Waals surface area contributed by atoms with Crippen LogP contribution >= 0.6 is 0 Å². The average Bonchev–Trinajstić information content (AvgIpc) is 3.00. The third kappa shape index (κ3) is 1.92. The largest absolute Gasteiger partial charge is 0.300 e. The molecule has 0 aromatic carbocycles. The predicted molar refractivity (Wildman–Crippen MR) is 86.9 cm³/mol. The van der Waals surface area contributed by atoms with E-state index >= 15 is 0 Å². The highest BCUT2D eigenvalue weighted by molar-refractivity contribution is 6.03. The van der Waals surface area contributed by atoms with Gasteiger partial charge in [-0.05, 0) is 38.9 Å². The molecule has 3 aliphatic carbocycles. The van der Waals surface area contributed by atoms with Crippen molar-refractivity contribution >= 4 is 5.78 Å². The van der Waals surface area contributed by atoms with Crippen molar-refractivity contribution in [1.82, 2.24) is 4.90 Å². The first-order valence-corrected chi connectivity index (χ1v) is 7.79. The van der Waals surface area contributed by atoms with E-state index in [2.05, 4.69) is 45.1 Å². The number of allylic oxidation sites excluding steroid dienone is 7. The SMILES string of the molecule is CC1=C(C(=O)[C@H](C)N(C)C)C2C(=C3C=CC=CC13)C2(C)C. The van der Waals surface area contributed by atoms with Crippen molar-refractivity contribution in [3.8, 4) is 0 Å². The zero-order chi connectivity index (χ0) is 15.5. The molecule has 0 saturated heterocycles. The van der Waals surface area contributed by atoms with E-state index in [1.165, 1.54) is 16.7 Å². The number of hydrogen-bond donors (Lipinski definition) is 0. The van der Waals surface area contributed by atoms with Crippen LogP contribution in [0.5, 0.6) is 0 Å². The van der Waals surface area contributed by atoms with Gasteiger partial charge in [0.1, 0.15) is 0 Å². The van der Waals surface area contributed by atoms with E-state index in [0.29, 0.717) is 17.6 Å². The molecule has 2 unspecified atom stereocenters. The Balaban J connectivity index is 2.08. The van der Waals surface area contributed by atoms with Crippen LogP contribution in [0.15, 0.2) is 46.6 Å². The van der Waals surface area contributed by atoms with Gasteiger partial charge in [0.2, 0.25) is 0 Å². The van der Waals surface area contributed by atoms with E-state index in [9.17, 15) is 4.79 Å². The molecule has 1 saturated carbocycles. The van der Waals surface area contributed by atoms with E-state index < -0.39 is 0 Å². The summed E-state index contributed by atoms with van der Waals surface area (Å²) in [6.07, 6.45) is 8.69. The first-order valence-electron chi connectivity index (χ1n) is 7.79. The second-order valence-electron chi connectivity index (χ2n) is 7.35. The van der Waals surface area contributed by atoms with Crippen LogP contribution in [-0.2, 0) is 4.79 Å². The standard InChI is InChI=1S/C19H25NO/c1-11-13-9-7-8-10-14(13)16-17(19(16,3)4)15(11)18(21)12(2)20(5)6/h7-10,12-13,17H,1-6H3/t12-,13?,17?/m0/s1. The fourth-order valence-corrected chi connectivity index (χ4v) is 3.96. The molecule has 21 heavy (non-hydrogen) atoms. The second-order valence-corrected chi connectivity index (χ2v) is 7.35. The van der Waals surface area contributed by atoms with Gasteiger partial charge in [-0.1, -0.05) is 49.3 Å². The topological polar surface area (TPSA) is 20.3 Å². The van der Waals surface area contributed by atoms with Crippen molar-refractivity contribution in [1.29, 1.82) is 0 Å². The van der Waals surface area contributed by atoms with Gasteiger partial charge >= 0.3 is 0 Å². The maximum Gasteiger partial charge on any atom is 0.176 e. The molecule has 3 atom stereocenters. The Morgan fingerprint density at radius 2 is 1.95 bits per heavy atom. The summed E-state index contributed by atoms with van der Waals surface area (Å²) >= 11 is 0. The van der Waals surface area contributed by atoms with Gasteiger partial charge in [-0.2, -0.15) is 0 Å². The fourth-order valence-electron chi connectivity index (χ4n) is 3.96. The maximum absolute atomic E-state index is 13.0. The molecule has 2 heteroatoms. The molecule has 0 N–H and O–H groups in total. The van der Waals surface area contributed by atoms with Crippen molar-refractivity contribution in [3.05, 3.63) is 46.6 Å². The van der Waals surface area contributed by atoms with Crippen molar-refractivity contribution in [2.24, 2.45) is 17.3 Å². The summed E-state index contributed by atoms with van der Waals surface area (Å²) in [5, 5.41) is 0. The lowest BCUT2D eigenvalue weighted by molar-refractivity contribution is -0.119. The van der Waals surface area contributed by atoms with Gasteiger partial charge in [0.25, 0.3) is 0 Å². The molecule has 0 amide bonds. The van der Waals surface area contributed by atoms with Crippen LogP contribution in [0.4, 0.5) is 0 Å². The quantitative estimate of drug-likeness (QED) is 0.789. The van der Waals surface area contributed by atoms with Gasteiger partial charge in [-0.15, -0.1) is 0 Å². The van der Waals surface area contributed by atoms with Gasteiger partial charge in [-0.25, -0.2) is 0 Å². The van der Waals surface area contributed by atoms with Gasteiger partial charge in [0, 0.05) is 17.4 Å². The van der Waals surface area contributed by atoms with Gasteiger partial charge in [0.05, 0.1) is 6.04 Å². The zero-order valence-corrected chi connectivity index (χ0v) is 13.9. The Labute approximate surface area is 127 Å². The number of Topliss-reactive ketones (excluding diaryl/α,β-unsaturated/α-hetero) is 1. The molecule has 0 heterocycles. The molecule has 0 radical (unpaired) electrons. The molecular formula is C19H25NO. The molecule has 1 fully saturated rings. The normalized spacial score (nSPS) is 30.4. The molecule has 3 aliphatic rings. The Hall–Kier alpha value is -1.41. The minimum Gasteiger partial charge on any atom is -0.300 e. The fraction of sp³-hybridized carbons (Fsp3) is 0.526. The summed E-state index contributed by atoms with van der Waals surface area (Å²) in [7, 11) is 3.95. The second kappa shape index (κ2) is 4.54. The van der Waals surface area contributed by atoms with Crippen molar-refractivity contribution in [2.45, 2.75) is 33.7 Å². The number of carbonyl (C=O) groups excluding carboxylic acids is 1.